The summed E-state index contributed by atoms with van der Waals surface area (Å²) in [6.45, 7) is 4.30. The molecule has 24 heavy (non-hydrogen) atoms. The second kappa shape index (κ2) is 6.49. The minimum atomic E-state index is -0.380. The Hall–Kier alpha value is -2.60. The van der Waals surface area contributed by atoms with E-state index in [0.717, 1.165) is 17.2 Å². The lowest BCUT2D eigenvalue weighted by Gasteiger charge is -2.33. The Morgan fingerprint density at radius 1 is 1.33 bits per heavy atom. The van der Waals surface area contributed by atoms with E-state index in [1.165, 1.54) is 0 Å². The van der Waals surface area contributed by atoms with Gasteiger partial charge in [0.05, 0.1) is 24.0 Å². The van der Waals surface area contributed by atoms with Gasteiger partial charge in [0.2, 0.25) is 11.8 Å². The van der Waals surface area contributed by atoms with E-state index < -0.39 is 0 Å². The van der Waals surface area contributed by atoms with E-state index in [1.54, 1.807) is 11.0 Å². The molecular formula is C18H21N3O3. The average molecular weight is 327 g/mol. The molecule has 1 N–H and O–H groups in total. The summed E-state index contributed by atoms with van der Waals surface area (Å²) in [6, 6.07) is 10.8. The van der Waals surface area contributed by atoms with Gasteiger partial charge in [0, 0.05) is 0 Å². The van der Waals surface area contributed by atoms with E-state index in [-0.39, 0.29) is 24.4 Å². The molecular weight excluding hydrogens is 306 g/mol. The van der Waals surface area contributed by atoms with Crippen LogP contribution >= 0.6 is 0 Å². The molecule has 0 radical (unpaired) electrons. The fourth-order valence-electron chi connectivity index (χ4n) is 2.80. The molecule has 2 aromatic rings. The van der Waals surface area contributed by atoms with E-state index in [4.69, 9.17) is 4.42 Å². The summed E-state index contributed by atoms with van der Waals surface area (Å²) < 4.78 is 5.57. The average Bonchev–Trinajstić information content (AvgIpc) is 2.97. The molecule has 0 unspecified atom stereocenters. The van der Waals surface area contributed by atoms with Crippen LogP contribution < -0.4 is 10.2 Å². The maximum atomic E-state index is 12.9. The molecule has 3 rings (SSSR count). The highest BCUT2D eigenvalue weighted by Crippen LogP contribution is 2.29. The molecule has 6 heteroatoms. The zero-order valence-electron chi connectivity index (χ0n) is 14.1. The van der Waals surface area contributed by atoms with Crippen LogP contribution in [0, 0.1) is 6.92 Å². The van der Waals surface area contributed by atoms with Gasteiger partial charge in [-0.05, 0) is 45.2 Å². The third-order valence-corrected chi connectivity index (χ3v) is 4.26. The summed E-state index contributed by atoms with van der Waals surface area (Å²) >= 11 is 0. The van der Waals surface area contributed by atoms with Crippen LogP contribution in [0.1, 0.15) is 18.4 Å². The van der Waals surface area contributed by atoms with Crippen LogP contribution in [-0.4, -0.2) is 36.3 Å². The first kappa shape index (κ1) is 16.3. The fraction of sp³-hybridized carbons (Fsp3) is 0.333. The number of aryl methyl sites for hydroxylation is 1. The number of carbonyl (C=O) groups excluding carboxylic acids is 2. The minimum absolute atomic E-state index is 0.0356. The van der Waals surface area contributed by atoms with Crippen molar-refractivity contribution in [1.82, 2.24) is 4.90 Å². The van der Waals surface area contributed by atoms with Crippen LogP contribution in [0.3, 0.4) is 0 Å². The van der Waals surface area contributed by atoms with Crippen LogP contribution in [0.25, 0.3) is 0 Å². The van der Waals surface area contributed by atoms with Crippen molar-refractivity contribution in [3.8, 4) is 0 Å². The predicted molar refractivity (Wildman–Crippen MR) is 91.8 cm³/mol. The predicted octanol–water partition coefficient (Wildman–Crippen LogP) is 2.39. The monoisotopic (exact) mass is 327 g/mol. The highest BCUT2D eigenvalue weighted by molar-refractivity contribution is 6.11. The maximum Gasteiger partial charge on any atom is 0.244 e. The quantitative estimate of drug-likeness (QED) is 0.936. The Bertz CT molecular complexity index is 768. The SMILES string of the molecule is Cc1ccc(CN(C)[C@H](C)C(=O)N2CC(=O)Nc3ccccc32)o1. The van der Waals surface area contributed by atoms with Gasteiger partial charge in [0.25, 0.3) is 0 Å². The molecule has 0 bridgehead atoms. The molecule has 0 saturated heterocycles. The highest BCUT2D eigenvalue weighted by atomic mass is 16.3. The summed E-state index contributed by atoms with van der Waals surface area (Å²) in [6.07, 6.45) is 0. The molecule has 1 aliphatic rings. The number of para-hydroxylation sites is 2. The van der Waals surface area contributed by atoms with Crippen LogP contribution in [-0.2, 0) is 16.1 Å². The van der Waals surface area contributed by atoms with Gasteiger partial charge in [0.15, 0.2) is 0 Å². The molecule has 6 nitrogen and oxygen atoms in total. The van der Waals surface area contributed by atoms with E-state index in [2.05, 4.69) is 5.32 Å². The molecule has 0 fully saturated rings. The molecule has 0 aliphatic carbocycles. The first-order chi connectivity index (χ1) is 11.5. The zero-order chi connectivity index (χ0) is 17.3. The van der Waals surface area contributed by atoms with Crippen molar-refractivity contribution in [1.29, 1.82) is 0 Å². The first-order valence-electron chi connectivity index (χ1n) is 7.91. The number of benzene rings is 1. The van der Waals surface area contributed by atoms with Crippen molar-refractivity contribution in [2.75, 3.05) is 23.8 Å². The van der Waals surface area contributed by atoms with Crippen molar-refractivity contribution < 1.29 is 14.0 Å². The number of carbonyl (C=O) groups is 2. The number of hydrogen-bond donors (Lipinski definition) is 1. The summed E-state index contributed by atoms with van der Waals surface area (Å²) in [4.78, 5) is 28.3. The number of fused-ring (bicyclic) bond motifs is 1. The van der Waals surface area contributed by atoms with Gasteiger partial charge in [-0.1, -0.05) is 12.1 Å². The Morgan fingerprint density at radius 3 is 2.79 bits per heavy atom. The number of hydrogen-bond acceptors (Lipinski definition) is 4. The number of anilines is 2. The molecule has 0 saturated carbocycles. The number of amides is 2. The highest BCUT2D eigenvalue weighted by Gasteiger charge is 2.31. The lowest BCUT2D eigenvalue weighted by atomic mass is 10.1. The number of rotatable bonds is 4. The van der Waals surface area contributed by atoms with E-state index >= 15 is 0 Å². The van der Waals surface area contributed by atoms with Gasteiger partial charge in [-0.25, -0.2) is 0 Å². The number of nitrogens with zero attached hydrogens (tertiary/aromatic N) is 2. The van der Waals surface area contributed by atoms with Crippen molar-refractivity contribution in [3.05, 3.63) is 47.9 Å². The van der Waals surface area contributed by atoms with Gasteiger partial charge in [-0.3, -0.25) is 19.4 Å². The van der Waals surface area contributed by atoms with Gasteiger partial charge in [-0.2, -0.15) is 0 Å². The number of likely N-dealkylation sites (N-methyl/N-ethyl adjacent to an activating group) is 1. The smallest absolute Gasteiger partial charge is 0.244 e. The van der Waals surface area contributed by atoms with Crippen LogP contribution in [0.4, 0.5) is 11.4 Å². The number of nitrogens with one attached hydrogen (secondary N) is 1. The van der Waals surface area contributed by atoms with Crippen molar-refractivity contribution in [2.45, 2.75) is 26.4 Å². The molecule has 1 atom stereocenters. The molecule has 2 heterocycles. The standard InChI is InChI=1S/C18H21N3O3/c1-12-8-9-14(24-12)10-20(3)13(2)18(23)21-11-17(22)19-15-6-4-5-7-16(15)21/h4-9,13H,10-11H2,1-3H3,(H,19,22)/t13-/m1/s1. The van der Waals surface area contributed by atoms with E-state index in [1.807, 2.05) is 56.1 Å². The molecule has 1 aromatic heterocycles. The maximum absolute atomic E-state index is 12.9. The van der Waals surface area contributed by atoms with Crippen LogP contribution in [0.2, 0.25) is 0 Å². The topological polar surface area (TPSA) is 65.8 Å². The molecule has 1 aliphatic heterocycles. The largest absolute Gasteiger partial charge is 0.465 e. The van der Waals surface area contributed by atoms with Gasteiger partial charge >= 0.3 is 0 Å². The van der Waals surface area contributed by atoms with Gasteiger partial charge in [-0.15, -0.1) is 0 Å². The second-order valence-corrected chi connectivity index (χ2v) is 6.09. The summed E-state index contributed by atoms with van der Waals surface area (Å²) in [5.74, 6) is 1.37. The van der Waals surface area contributed by atoms with Crippen molar-refractivity contribution in [2.24, 2.45) is 0 Å². The Kier molecular flexibility index (Phi) is 4.40. The normalized spacial score (nSPS) is 15.2. The van der Waals surface area contributed by atoms with Crippen molar-refractivity contribution in [3.63, 3.8) is 0 Å². The van der Waals surface area contributed by atoms with E-state index in [9.17, 15) is 9.59 Å². The third-order valence-electron chi connectivity index (χ3n) is 4.26. The zero-order valence-corrected chi connectivity index (χ0v) is 14.1. The van der Waals surface area contributed by atoms with Gasteiger partial charge in [0.1, 0.15) is 18.1 Å². The fourth-order valence-corrected chi connectivity index (χ4v) is 2.80. The molecule has 1 aromatic carbocycles. The third kappa shape index (κ3) is 3.19. The van der Waals surface area contributed by atoms with Crippen LogP contribution in [0.15, 0.2) is 40.8 Å². The Balaban J connectivity index is 1.77. The first-order valence-corrected chi connectivity index (χ1v) is 7.91. The van der Waals surface area contributed by atoms with Crippen molar-refractivity contribution >= 4 is 23.2 Å². The summed E-state index contributed by atoms with van der Waals surface area (Å²) in [5.41, 5.74) is 1.40. The lowest BCUT2D eigenvalue weighted by Crippen LogP contribution is -2.50. The Morgan fingerprint density at radius 2 is 2.08 bits per heavy atom. The lowest BCUT2D eigenvalue weighted by molar-refractivity contribution is -0.125. The Labute approximate surface area is 141 Å². The molecule has 126 valence electrons. The van der Waals surface area contributed by atoms with E-state index in [0.29, 0.717) is 12.2 Å². The molecule has 0 spiro atoms. The second-order valence-electron chi connectivity index (χ2n) is 6.09. The van der Waals surface area contributed by atoms with Gasteiger partial charge < -0.3 is 9.73 Å². The number of furan rings is 1. The minimum Gasteiger partial charge on any atom is -0.465 e. The van der Waals surface area contributed by atoms with Crippen LogP contribution in [0.5, 0.6) is 0 Å². The molecule has 2 amide bonds. The summed E-state index contributed by atoms with van der Waals surface area (Å²) in [5, 5.41) is 2.79. The summed E-state index contributed by atoms with van der Waals surface area (Å²) in [7, 11) is 1.87.